The molecule has 0 aliphatic heterocycles. The maximum absolute atomic E-state index is 11.9. The second kappa shape index (κ2) is 6.64. The zero-order valence-electron chi connectivity index (χ0n) is 13.9. The smallest absolute Gasteiger partial charge is 0.224 e. The minimum absolute atomic E-state index is 0.0320. The van der Waals surface area contributed by atoms with Crippen molar-refractivity contribution in [3.63, 3.8) is 0 Å². The first-order valence-corrected chi connectivity index (χ1v) is 7.72. The Balaban J connectivity index is 2.10. The largest absolute Gasteiger partial charge is 0.308 e. The highest BCUT2D eigenvalue weighted by atomic mass is 16.2. The lowest BCUT2D eigenvalue weighted by atomic mass is 10.1. The van der Waals surface area contributed by atoms with Crippen molar-refractivity contribution in [1.82, 2.24) is 14.6 Å². The van der Waals surface area contributed by atoms with Crippen LogP contribution in [0.2, 0.25) is 0 Å². The first-order valence-electron chi connectivity index (χ1n) is 7.72. The van der Waals surface area contributed by atoms with Crippen molar-refractivity contribution in [1.29, 1.82) is 5.41 Å². The van der Waals surface area contributed by atoms with E-state index in [1.54, 1.807) is 23.0 Å². The Morgan fingerprint density at radius 2 is 2.08 bits per heavy atom. The van der Waals surface area contributed by atoms with Gasteiger partial charge in [-0.3, -0.25) is 9.59 Å². The van der Waals surface area contributed by atoms with Crippen LogP contribution < -0.4 is 4.90 Å². The van der Waals surface area contributed by atoms with Crippen LogP contribution in [0.1, 0.15) is 19.4 Å². The molecule has 0 aliphatic rings. The highest BCUT2D eigenvalue weighted by molar-refractivity contribution is 5.98. The summed E-state index contributed by atoms with van der Waals surface area (Å²) in [6.07, 6.45) is 4.45. The van der Waals surface area contributed by atoms with Gasteiger partial charge in [-0.1, -0.05) is 12.1 Å². The van der Waals surface area contributed by atoms with E-state index >= 15 is 0 Å². The number of nitrogens with zero attached hydrogens (tertiary/aromatic N) is 4. The Kier molecular flexibility index (Phi) is 4.38. The maximum Gasteiger partial charge on any atom is 0.224 e. The predicted molar refractivity (Wildman–Crippen MR) is 95.0 cm³/mol. The molecule has 0 saturated heterocycles. The van der Waals surface area contributed by atoms with Gasteiger partial charge in [-0.25, -0.2) is 9.50 Å². The van der Waals surface area contributed by atoms with Crippen LogP contribution in [0.4, 0.5) is 5.69 Å². The van der Waals surface area contributed by atoms with Crippen LogP contribution in [0.3, 0.4) is 0 Å². The maximum atomic E-state index is 11.9. The molecule has 1 aromatic carbocycles. The Labute approximate surface area is 144 Å². The standard InChI is InChI=1S/C18H17N5O2/c1-12(24)11-22(13(2)25)16-5-3-4-14(8-16)17-6-7-20-18-15(9-19)10-21-23(17)18/h3-10,19H,11H2,1-2H3. The van der Waals surface area contributed by atoms with Gasteiger partial charge in [0.1, 0.15) is 5.78 Å². The highest BCUT2D eigenvalue weighted by Crippen LogP contribution is 2.25. The molecule has 126 valence electrons. The Bertz CT molecular complexity index is 977. The first kappa shape index (κ1) is 16.5. The van der Waals surface area contributed by atoms with Crippen molar-refractivity contribution in [2.75, 3.05) is 11.4 Å². The summed E-state index contributed by atoms with van der Waals surface area (Å²) >= 11 is 0. The molecule has 0 unspecified atom stereocenters. The van der Waals surface area contributed by atoms with Crippen molar-refractivity contribution in [3.05, 3.63) is 48.3 Å². The van der Waals surface area contributed by atoms with Crippen LogP contribution in [0, 0.1) is 5.41 Å². The number of nitrogens with one attached hydrogen (secondary N) is 1. The number of hydrogen-bond donors (Lipinski definition) is 1. The molecule has 3 aromatic rings. The average Bonchev–Trinajstić information content (AvgIpc) is 3.02. The number of carbonyl (C=O) groups is 2. The van der Waals surface area contributed by atoms with E-state index in [1.165, 1.54) is 25.0 Å². The van der Waals surface area contributed by atoms with Crippen molar-refractivity contribution < 1.29 is 9.59 Å². The SMILES string of the molecule is CC(=O)CN(C(C)=O)c1cccc(-c2ccnc3c(C=N)cnn23)c1. The van der Waals surface area contributed by atoms with E-state index in [9.17, 15) is 9.59 Å². The fourth-order valence-corrected chi connectivity index (χ4v) is 2.67. The van der Waals surface area contributed by atoms with E-state index in [2.05, 4.69) is 10.1 Å². The third-order valence-corrected chi connectivity index (χ3v) is 3.80. The molecule has 0 radical (unpaired) electrons. The number of carbonyl (C=O) groups excluding carboxylic acids is 2. The second-order valence-corrected chi connectivity index (χ2v) is 5.67. The van der Waals surface area contributed by atoms with Crippen LogP contribution in [-0.4, -0.2) is 39.0 Å². The van der Waals surface area contributed by atoms with Gasteiger partial charge in [-0.05, 0) is 25.1 Å². The Morgan fingerprint density at radius 1 is 1.28 bits per heavy atom. The summed E-state index contributed by atoms with van der Waals surface area (Å²) < 4.78 is 1.66. The lowest BCUT2D eigenvalue weighted by Crippen LogP contribution is -2.32. The molecule has 0 spiro atoms. The van der Waals surface area contributed by atoms with Crippen molar-refractivity contribution >= 4 is 29.2 Å². The predicted octanol–water partition coefficient (Wildman–Crippen LogP) is 2.34. The van der Waals surface area contributed by atoms with Crippen LogP contribution in [0.5, 0.6) is 0 Å². The highest BCUT2D eigenvalue weighted by Gasteiger charge is 2.15. The topological polar surface area (TPSA) is 91.4 Å². The summed E-state index contributed by atoms with van der Waals surface area (Å²) in [5.41, 5.74) is 3.47. The lowest BCUT2D eigenvalue weighted by molar-refractivity contribution is -0.120. The van der Waals surface area contributed by atoms with Crippen LogP contribution in [0.15, 0.2) is 42.7 Å². The summed E-state index contributed by atoms with van der Waals surface area (Å²) in [5.74, 6) is -0.285. The van der Waals surface area contributed by atoms with Crippen LogP contribution >= 0.6 is 0 Å². The third-order valence-electron chi connectivity index (χ3n) is 3.80. The van der Waals surface area contributed by atoms with Gasteiger partial charge in [0.25, 0.3) is 0 Å². The number of benzene rings is 1. The van der Waals surface area contributed by atoms with E-state index in [0.717, 1.165) is 11.3 Å². The van der Waals surface area contributed by atoms with E-state index in [1.807, 2.05) is 24.3 Å². The summed E-state index contributed by atoms with van der Waals surface area (Å²) in [6.45, 7) is 2.92. The van der Waals surface area contributed by atoms with E-state index in [0.29, 0.717) is 16.9 Å². The monoisotopic (exact) mass is 335 g/mol. The van der Waals surface area contributed by atoms with Crippen molar-refractivity contribution in [2.45, 2.75) is 13.8 Å². The van der Waals surface area contributed by atoms with Gasteiger partial charge < -0.3 is 10.3 Å². The fraction of sp³-hybridized carbons (Fsp3) is 0.167. The molecule has 3 rings (SSSR count). The molecular weight excluding hydrogens is 318 g/mol. The fourth-order valence-electron chi connectivity index (χ4n) is 2.67. The summed E-state index contributed by atoms with van der Waals surface area (Å²) in [6, 6.07) is 9.17. The number of hydrogen-bond acceptors (Lipinski definition) is 5. The minimum Gasteiger partial charge on any atom is -0.308 e. The Morgan fingerprint density at radius 3 is 2.76 bits per heavy atom. The van der Waals surface area contributed by atoms with E-state index in [-0.39, 0.29) is 18.2 Å². The molecule has 0 bridgehead atoms. The Hall–Kier alpha value is -3.35. The number of Topliss-reactive ketones (excluding diaryl/α,β-unsaturated/α-hetero) is 1. The molecule has 1 amide bonds. The van der Waals surface area contributed by atoms with E-state index in [4.69, 9.17) is 5.41 Å². The van der Waals surface area contributed by atoms with Gasteiger partial charge in [0.2, 0.25) is 5.91 Å². The molecule has 25 heavy (non-hydrogen) atoms. The number of ketones is 1. The number of amides is 1. The van der Waals surface area contributed by atoms with E-state index < -0.39 is 0 Å². The van der Waals surface area contributed by atoms with Crippen molar-refractivity contribution in [2.24, 2.45) is 0 Å². The molecule has 0 fully saturated rings. The number of anilines is 1. The normalized spacial score (nSPS) is 10.6. The lowest BCUT2D eigenvalue weighted by Gasteiger charge is -2.20. The van der Waals surface area contributed by atoms with Crippen LogP contribution in [-0.2, 0) is 9.59 Å². The zero-order chi connectivity index (χ0) is 18.0. The zero-order valence-corrected chi connectivity index (χ0v) is 13.9. The van der Waals surface area contributed by atoms with Gasteiger partial charge in [0.15, 0.2) is 5.65 Å². The van der Waals surface area contributed by atoms with Gasteiger partial charge in [-0.15, -0.1) is 0 Å². The molecule has 0 aliphatic carbocycles. The van der Waals surface area contributed by atoms with Gasteiger partial charge in [-0.2, -0.15) is 5.10 Å². The third kappa shape index (κ3) is 3.16. The summed E-state index contributed by atoms with van der Waals surface area (Å²) in [5, 5.41) is 11.7. The molecular formula is C18H17N5O2. The molecule has 2 aromatic heterocycles. The average molecular weight is 335 g/mol. The summed E-state index contributed by atoms with van der Waals surface area (Å²) in [7, 11) is 0. The molecule has 1 N–H and O–H groups in total. The molecule has 7 nitrogen and oxygen atoms in total. The quantitative estimate of drug-likeness (QED) is 0.724. The second-order valence-electron chi connectivity index (χ2n) is 5.67. The summed E-state index contributed by atoms with van der Waals surface area (Å²) in [4.78, 5) is 29.1. The van der Waals surface area contributed by atoms with Crippen LogP contribution in [0.25, 0.3) is 16.9 Å². The number of rotatable bonds is 5. The van der Waals surface area contributed by atoms with Gasteiger partial charge >= 0.3 is 0 Å². The molecule has 7 heteroatoms. The van der Waals surface area contributed by atoms with Gasteiger partial charge in [0, 0.05) is 30.6 Å². The number of aromatic nitrogens is 3. The van der Waals surface area contributed by atoms with Gasteiger partial charge in [0.05, 0.1) is 24.0 Å². The minimum atomic E-state index is -0.197. The van der Waals surface area contributed by atoms with Crippen molar-refractivity contribution in [3.8, 4) is 11.3 Å². The molecule has 2 heterocycles. The molecule has 0 saturated carbocycles. The molecule has 0 atom stereocenters. The first-order chi connectivity index (χ1) is 12.0. The number of fused-ring (bicyclic) bond motifs is 1.